The number of amides is 1. The van der Waals surface area contributed by atoms with Gasteiger partial charge in [-0.25, -0.2) is 0 Å². The molecule has 1 amide bonds. The van der Waals surface area contributed by atoms with Gasteiger partial charge in [0.25, 0.3) is 0 Å². The van der Waals surface area contributed by atoms with Crippen molar-refractivity contribution < 1.29 is 9.59 Å². The van der Waals surface area contributed by atoms with Crippen molar-refractivity contribution in [2.75, 3.05) is 5.32 Å². The predicted octanol–water partition coefficient (Wildman–Crippen LogP) is 5.30. The number of Topliss-reactive ketones (excluding diaryl/α,β-unsaturated/α-hetero) is 1. The first kappa shape index (κ1) is 17.6. The van der Waals surface area contributed by atoms with Crippen molar-refractivity contribution in [3.05, 3.63) is 90.0 Å². The van der Waals surface area contributed by atoms with Crippen molar-refractivity contribution in [1.29, 1.82) is 0 Å². The molecule has 0 saturated heterocycles. The molecule has 0 aromatic heterocycles. The zero-order chi connectivity index (χ0) is 18.5. The second kappa shape index (κ2) is 7.79. The number of para-hydroxylation sites is 1. The molecule has 1 N–H and O–H groups in total. The number of rotatable bonds is 5. The van der Waals surface area contributed by atoms with Crippen LogP contribution in [0, 0.1) is 0 Å². The van der Waals surface area contributed by atoms with Gasteiger partial charge in [0.15, 0.2) is 5.78 Å². The van der Waals surface area contributed by atoms with Crippen LogP contribution in [0.4, 0.5) is 5.69 Å². The molecule has 0 saturated carbocycles. The Bertz CT molecular complexity index is 914. The molecular formula is C23H21NO2. The van der Waals surface area contributed by atoms with E-state index in [0.717, 1.165) is 22.4 Å². The molecule has 0 fully saturated rings. The molecule has 0 aliphatic carbocycles. The van der Waals surface area contributed by atoms with Gasteiger partial charge in [0.05, 0.1) is 5.92 Å². The van der Waals surface area contributed by atoms with Crippen LogP contribution < -0.4 is 5.32 Å². The molecule has 3 aromatic carbocycles. The van der Waals surface area contributed by atoms with Gasteiger partial charge in [-0.3, -0.25) is 9.59 Å². The van der Waals surface area contributed by atoms with E-state index in [2.05, 4.69) is 5.32 Å². The molecule has 1 atom stereocenters. The molecule has 0 spiro atoms. The van der Waals surface area contributed by atoms with E-state index in [1.807, 2.05) is 85.8 Å². The average molecular weight is 343 g/mol. The van der Waals surface area contributed by atoms with Gasteiger partial charge in [0.1, 0.15) is 0 Å². The quantitative estimate of drug-likeness (QED) is 0.639. The highest BCUT2D eigenvalue weighted by Gasteiger charge is 2.16. The van der Waals surface area contributed by atoms with Crippen molar-refractivity contribution in [2.45, 2.75) is 19.8 Å². The largest absolute Gasteiger partial charge is 0.326 e. The number of hydrogen-bond acceptors (Lipinski definition) is 2. The van der Waals surface area contributed by atoms with Crippen molar-refractivity contribution in [2.24, 2.45) is 0 Å². The third-order valence-corrected chi connectivity index (χ3v) is 4.45. The monoisotopic (exact) mass is 343 g/mol. The predicted molar refractivity (Wildman–Crippen MR) is 105 cm³/mol. The lowest BCUT2D eigenvalue weighted by Crippen LogP contribution is -2.18. The van der Waals surface area contributed by atoms with E-state index in [4.69, 9.17) is 0 Å². The Hall–Kier alpha value is -3.20. The van der Waals surface area contributed by atoms with Crippen LogP contribution in [0.5, 0.6) is 0 Å². The summed E-state index contributed by atoms with van der Waals surface area (Å²) in [4.78, 5) is 23.9. The fourth-order valence-corrected chi connectivity index (χ4v) is 2.81. The molecular weight excluding hydrogens is 322 g/mol. The minimum absolute atomic E-state index is 0.0414. The van der Waals surface area contributed by atoms with Crippen molar-refractivity contribution in [1.82, 2.24) is 0 Å². The first-order chi connectivity index (χ1) is 12.5. The second-order valence-electron chi connectivity index (χ2n) is 6.34. The molecule has 0 heterocycles. The lowest BCUT2D eigenvalue weighted by Gasteiger charge is -2.14. The summed E-state index contributed by atoms with van der Waals surface area (Å²) in [6, 6.07) is 24.9. The molecule has 26 heavy (non-hydrogen) atoms. The van der Waals surface area contributed by atoms with Crippen molar-refractivity contribution in [3.8, 4) is 11.1 Å². The van der Waals surface area contributed by atoms with Gasteiger partial charge in [-0.2, -0.15) is 0 Å². The zero-order valence-electron chi connectivity index (χ0n) is 14.9. The molecule has 1 unspecified atom stereocenters. The zero-order valence-corrected chi connectivity index (χ0v) is 14.9. The molecule has 3 heteroatoms. The third-order valence-electron chi connectivity index (χ3n) is 4.45. The highest BCUT2D eigenvalue weighted by Crippen LogP contribution is 2.25. The number of anilines is 1. The molecule has 0 bridgehead atoms. The van der Waals surface area contributed by atoms with Gasteiger partial charge >= 0.3 is 0 Å². The van der Waals surface area contributed by atoms with Crippen molar-refractivity contribution in [3.63, 3.8) is 0 Å². The smallest absolute Gasteiger partial charge is 0.231 e. The van der Waals surface area contributed by atoms with Crippen LogP contribution in [0.1, 0.15) is 35.7 Å². The van der Waals surface area contributed by atoms with E-state index < -0.39 is 0 Å². The van der Waals surface area contributed by atoms with E-state index in [0.29, 0.717) is 5.56 Å². The maximum Gasteiger partial charge on any atom is 0.231 e. The highest BCUT2D eigenvalue weighted by molar-refractivity contribution is 5.96. The Morgan fingerprint density at radius 1 is 0.808 bits per heavy atom. The molecule has 0 aliphatic heterocycles. The number of hydrogen-bond donors (Lipinski definition) is 1. The molecule has 3 rings (SSSR count). The van der Waals surface area contributed by atoms with Crippen LogP contribution in [0.3, 0.4) is 0 Å². The average Bonchev–Trinajstić information content (AvgIpc) is 2.68. The van der Waals surface area contributed by atoms with Crippen LogP contribution in [-0.4, -0.2) is 11.7 Å². The summed E-state index contributed by atoms with van der Waals surface area (Å²) < 4.78 is 0. The normalized spacial score (nSPS) is 11.6. The van der Waals surface area contributed by atoms with E-state index in [1.54, 1.807) is 6.92 Å². The Labute approximate surface area is 153 Å². The minimum Gasteiger partial charge on any atom is -0.326 e. The van der Waals surface area contributed by atoms with E-state index in [-0.39, 0.29) is 17.6 Å². The van der Waals surface area contributed by atoms with Crippen LogP contribution in [0.25, 0.3) is 11.1 Å². The van der Waals surface area contributed by atoms with Crippen molar-refractivity contribution >= 4 is 17.4 Å². The SMILES string of the molecule is CC(=O)c1ccc(-c2cccc(C(C)C(=O)Nc3ccccc3)c2)cc1. The first-order valence-corrected chi connectivity index (χ1v) is 8.62. The summed E-state index contributed by atoms with van der Waals surface area (Å²) in [6.07, 6.45) is 0. The van der Waals surface area contributed by atoms with E-state index in [9.17, 15) is 9.59 Å². The Balaban J connectivity index is 1.79. The summed E-state index contributed by atoms with van der Waals surface area (Å²) in [7, 11) is 0. The van der Waals surface area contributed by atoms with Gasteiger partial charge in [-0.05, 0) is 42.7 Å². The summed E-state index contributed by atoms with van der Waals surface area (Å²) >= 11 is 0. The van der Waals surface area contributed by atoms with Gasteiger partial charge in [0.2, 0.25) is 5.91 Å². The number of ketones is 1. The van der Waals surface area contributed by atoms with Crippen LogP contribution in [-0.2, 0) is 4.79 Å². The Morgan fingerprint density at radius 3 is 2.15 bits per heavy atom. The molecule has 3 nitrogen and oxygen atoms in total. The topological polar surface area (TPSA) is 46.2 Å². The van der Waals surface area contributed by atoms with Crippen LogP contribution in [0.2, 0.25) is 0 Å². The molecule has 0 aliphatic rings. The molecule has 3 aromatic rings. The lowest BCUT2D eigenvalue weighted by molar-refractivity contribution is -0.117. The van der Waals surface area contributed by atoms with E-state index in [1.165, 1.54) is 0 Å². The molecule has 130 valence electrons. The van der Waals surface area contributed by atoms with Gasteiger partial charge < -0.3 is 5.32 Å². The maximum atomic E-state index is 12.5. The summed E-state index contributed by atoms with van der Waals surface area (Å²) in [5.74, 6) is -0.261. The highest BCUT2D eigenvalue weighted by atomic mass is 16.1. The fourth-order valence-electron chi connectivity index (χ4n) is 2.81. The first-order valence-electron chi connectivity index (χ1n) is 8.62. The standard InChI is InChI=1S/C23H21NO2/c1-16(23(26)24-22-9-4-3-5-10-22)20-7-6-8-21(15-20)19-13-11-18(12-14-19)17(2)25/h3-16H,1-2H3,(H,24,26). The number of carbonyl (C=O) groups is 2. The van der Waals surface area contributed by atoms with Gasteiger partial charge in [-0.1, -0.05) is 66.7 Å². The molecule has 0 radical (unpaired) electrons. The number of benzene rings is 3. The summed E-state index contributed by atoms with van der Waals surface area (Å²) in [5, 5.41) is 2.94. The van der Waals surface area contributed by atoms with Gasteiger partial charge in [0, 0.05) is 11.3 Å². The Morgan fingerprint density at radius 2 is 1.50 bits per heavy atom. The lowest BCUT2D eigenvalue weighted by atomic mass is 9.95. The van der Waals surface area contributed by atoms with E-state index >= 15 is 0 Å². The van der Waals surface area contributed by atoms with Crippen LogP contribution in [0.15, 0.2) is 78.9 Å². The minimum atomic E-state index is -0.272. The maximum absolute atomic E-state index is 12.5. The Kier molecular flexibility index (Phi) is 5.28. The van der Waals surface area contributed by atoms with Gasteiger partial charge in [-0.15, -0.1) is 0 Å². The third kappa shape index (κ3) is 4.06. The summed E-state index contributed by atoms with van der Waals surface area (Å²) in [6.45, 7) is 3.46. The number of nitrogens with one attached hydrogen (secondary N) is 1. The fraction of sp³-hybridized carbons (Fsp3) is 0.130. The summed E-state index contributed by atoms with van der Waals surface area (Å²) in [5.41, 5.74) is 4.48. The number of carbonyl (C=O) groups excluding carboxylic acids is 2. The van der Waals surface area contributed by atoms with Crippen LogP contribution >= 0.6 is 0 Å². The second-order valence-corrected chi connectivity index (χ2v) is 6.34.